The number of hydrogen-bond donors (Lipinski definition) is 0. The number of anilines is 1. The molecule has 30 heavy (non-hydrogen) atoms. The SMILES string of the molecule is CCN(CC)CCN(C(=O)c1ccc(C#N)cc1)c1nc2c(C)c(C)ccc2s1.Cl. The molecule has 0 atom stereocenters. The predicted molar refractivity (Wildman–Crippen MR) is 127 cm³/mol. The minimum Gasteiger partial charge on any atom is -0.302 e. The lowest BCUT2D eigenvalue weighted by molar-refractivity contribution is 0.0984. The van der Waals surface area contributed by atoms with Crippen molar-refractivity contribution in [2.45, 2.75) is 27.7 Å². The highest BCUT2D eigenvalue weighted by atomic mass is 35.5. The molecule has 0 aliphatic carbocycles. The highest BCUT2D eigenvalue weighted by Gasteiger charge is 2.22. The van der Waals surface area contributed by atoms with Gasteiger partial charge in [0.15, 0.2) is 5.13 Å². The standard InChI is InChI=1S/C23H26N4OS.ClH/c1-5-26(6-2)13-14-27(22(28)19-10-8-18(15-24)9-11-19)23-25-21-17(4)16(3)7-12-20(21)29-23;/h7-12H,5-6,13-14H2,1-4H3;1H. The van der Waals surface area contributed by atoms with Crippen molar-refractivity contribution < 1.29 is 4.79 Å². The molecule has 0 aliphatic rings. The number of halogens is 1. The zero-order valence-electron chi connectivity index (χ0n) is 17.8. The quantitative estimate of drug-likeness (QED) is 0.504. The maximum absolute atomic E-state index is 13.4. The summed E-state index contributed by atoms with van der Waals surface area (Å²) in [7, 11) is 0. The van der Waals surface area contributed by atoms with Crippen LogP contribution in [0.3, 0.4) is 0 Å². The molecule has 158 valence electrons. The Labute approximate surface area is 188 Å². The summed E-state index contributed by atoms with van der Waals surface area (Å²) in [6.45, 7) is 11.6. The Balaban J connectivity index is 0.00000320. The van der Waals surface area contributed by atoms with Crippen LogP contribution in [-0.4, -0.2) is 42.0 Å². The lowest BCUT2D eigenvalue weighted by atomic mass is 10.1. The molecule has 0 fully saturated rings. The maximum atomic E-state index is 13.4. The van der Waals surface area contributed by atoms with E-state index in [0.29, 0.717) is 17.7 Å². The molecule has 0 aliphatic heterocycles. The Morgan fingerprint density at radius 1 is 1.07 bits per heavy atom. The Bertz CT molecular complexity index is 1050. The molecule has 0 radical (unpaired) electrons. The summed E-state index contributed by atoms with van der Waals surface area (Å²) in [6.07, 6.45) is 0. The van der Waals surface area contributed by atoms with Crippen LogP contribution in [-0.2, 0) is 0 Å². The average Bonchev–Trinajstić information content (AvgIpc) is 3.18. The third-order valence-corrected chi connectivity index (χ3v) is 6.39. The molecule has 0 saturated carbocycles. The Morgan fingerprint density at radius 3 is 2.33 bits per heavy atom. The van der Waals surface area contributed by atoms with Gasteiger partial charge < -0.3 is 4.90 Å². The summed E-state index contributed by atoms with van der Waals surface area (Å²) in [5.74, 6) is -0.0879. The van der Waals surface area contributed by atoms with E-state index in [0.717, 1.165) is 40.5 Å². The third-order valence-electron chi connectivity index (χ3n) is 5.34. The van der Waals surface area contributed by atoms with E-state index in [1.807, 2.05) is 0 Å². The van der Waals surface area contributed by atoms with Crippen molar-refractivity contribution in [3.63, 3.8) is 0 Å². The minimum atomic E-state index is -0.0879. The Morgan fingerprint density at radius 2 is 1.73 bits per heavy atom. The summed E-state index contributed by atoms with van der Waals surface area (Å²) in [6, 6.07) is 13.1. The van der Waals surface area contributed by atoms with Crippen LogP contribution in [0.15, 0.2) is 36.4 Å². The van der Waals surface area contributed by atoms with Crippen LogP contribution < -0.4 is 4.90 Å². The van der Waals surface area contributed by atoms with Crippen LogP contribution in [0.2, 0.25) is 0 Å². The van der Waals surface area contributed by atoms with E-state index in [9.17, 15) is 4.79 Å². The number of carbonyl (C=O) groups is 1. The topological polar surface area (TPSA) is 60.2 Å². The normalized spacial score (nSPS) is 10.7. The van der Waals surface area contributed by atoms with Gasteiger partial charge in [-0.1, -0.05) is 31.3 Å². The fourth-order valence-electron chi connectivity index (χ4n) is 3.24. The van der Waals surface area contributed by atoms with Crippen LogP contribution in [0.4, 0.5) is 5.13 Å². The fourth-order valence-corrected chi connectivity index (χ4v) is 4.29. The highest BCUT2D eigenvalue weighted by molar-refractivity contribution is 7.22. The first-order valence-corrected chi connectivity index (χ1v) is 10.7. The molecule has 1 heterocycles. The number of amides is 1. The summed E-state index contributed by atoms with van der Waals surface area (Å²) in [4.78, 5) is 22.3. The first-order chi connectivity index (χ1) is 14.0. The van der Waals surface area contributed by atoms with Crippen molar-refractivity contribution in [2.24, 2.45) is 0 Å². The summed E-state index contributed by atoms with van der Waals surface area (Å²) in [5.41, 5.74) is 4.42. The number of rotatable bonds is 7. The van der Waals surface area contributed by atoms with E-state index in [-0.39, 0.29) is 18.3 Å². The number of fused-ring (bicyclic) bond motifs is 1. The number of benzene rings is 2. The molecular formula is C23H27ClN4OS. The number of aryl methyl sites for hydroxylation is 2. The van der Waals surface area contributed by atoms with Gasteiger partial charge in [-0.15, -0.1) is 12.4 Å². The molecular weight excluding hydrogens is 416 g/mol. The van der Waals surface area contributed by atoms with E-state index in [2.05, 4.69) is 50.8 Å². The first kappa shape index (κ1) is 23.8. The van der Waals surface area contributed by atoms with E-state index in [1.165, 1.54) is 5.56 Å². The zero-order chi connectivity index (χ0) is 21.0. The van der Waals surface area contributed by atoms with Gasteiger partial charge in [-0.25, -0.2) is 4.98 Å². The molecule has 0 bridgehead atoms. The van der Waals surface area contributed by atoms with Gasteiger partial charge in [0.1, 0.15) is 0 Å². The molecule has 0 saturated heterocycles. The molecule has 1 amide bonds. The van der Waals surface area contributed by atoms with Crippen molar-refractivity contribution >= 4 is 45.0 Å². The second-order valence-corrected chi connectivity index (χ2v) is 8.03. The molecule has 7 heteroatoms. The molecule has 1 aromatic heterocycles. The van der Waals surface area contributed by atoms with Crippen LogP contribution in [0, 0.1) is 25.2 Å². The van der Waals surface area contributed by atoms with Crippen LogP contribution >= 0.6 is 23.7 Å². The van der Waals surface area contributed by atoms with Crippen LogP contribution in [0.1, 0.15) is 40.9 Å². The lowest BCUT2D eigenvalue weighted by Gasteiger charge is -2.24. The predicted octanol–water partition coefficient (Wildman–Crippen LogP) is 5.20. The second kappa shape index (κ2) is 10.5. The Kier molecular flexibility index (Phi) is 8.36. The summed E-state index contributed by atoms with van der Waals surface area (Å²) >= 11 is 1.55. The van der Waals surface area contributed by atoms with Gasteiger partial charge in [0.2, 0.25) is 0 Å². The van der Waals surface area contributed by atoms with Gasteiger partial charge in [-0.05, 0) is 68.4 Å². The molecule has 5 nitrogen and oxygen atoms in total. The van der Waals surface area contributed by atoms with Crippen molar-refractivity contribution in [1.82, 2.24) is 9.88 Å². The monoisotopic (exact) mass is 442 g/mol. The number of aromatic nitrogens is 1. The van der Waals surface area contributed by atoms with Crippen molar-refractivity contribution in [3.8, 4) is 6.07 Å². The van der Waals surface area contributed by atoms with Gasteiger partial charge in [-0.2, -0.15) is 5.26 Å². The van der Waals surface area contributed by atoms with Crippen molar-refractivity contribution in [2.75, 3.05) is 31.1 Å². The second-order valence-electron chi connectivity index (χ2n) is 7.02. The molecule has 0 N–H and O–H groups in total. The number of likely N-dealkylation sites (N-methyl/N-ethyl adjacent to an activating group) is 1. The van der Waals surface area contributed by atoms with E-state index in [1.54, 1.807) is 40.5 Å². The number of thiazole rings is 1. The fraction of sp³-hybridized carbons (Fsp3) is 0.348. The first-order valence-electron chi connectivity index (χ1n) is 9.89. The van der Waals surface area contributed by atoms with Crippen molar-refractivity contribution in [3.05, 3.63) is 58.7 Å². The summed E-state index contributed by atoms with van der Waals surface area (Å²) < 4.78 is 1.09. The highest BCUT2D eigenvalue weighted by Crippen LogP contribution is 2.32. The molecule has 0 spiro atoms. The third kappa shape index (κ3) is 4.99. The zero-order valence-corrected chi connectivity index (χ0v) is 19.4. The average molecular weight is 443 g/mol. The van der Waals surface area contributed by atoms with E-state index < -0.39 is 0 Å². The number of hydrogen-bond acceptors (Lipinski definition) is 5. The molecule has 2 aromatic carbocycles. The van der Waals surface area contributed by atoms with Gasteiger partial charge in [0, 0.05) is 18.7 Å². The van der Waals surface area contributed by atoms with E-state index in [4.69, 9.17) is 10.2 Å². The van der Waals surface area contributed by atoms with Gasteiger partial charge >= 0.3 is 0 Å². The van der Waals surface area contributed by atoms with Crippen LogP contribution in [0.25, 0.3) is 10.2 Å². The van der Waals surface area contributed by atoms with Crippen LogP contribution in [0.5, 0.6) is 0 Å². The smallest absolute Gasteiger partial charge is 0.260 e. The molecule has 3 aromatic rings. The van der Waals surface area contributed by atoms with E-state index >= 15 is 0 Å². The number of nitrogens with zero attached hydrogens (tertiary/aromatic N) is 4. The maximum Gasteiger partial charge on any atom is 0.260 e. The van der Waals surface area contributed by atoms with Crippen molar-refractivity contribution in [1.29, 1.82) is 5.26 Å². The minimum absolute atomic E-state index is 0. The lowest BCUT2D eigenvalue weighted by Crippen LogP contribution is -2.38. The van der Waals surface area contributed by atoms with Gasteiger partial charge in [0.25, 0.3) is 5.91 Å². The largest absolute Gasteiger partial charge is 0.302 e. The van der Waals surface area contributed by atoms with Gasteiger partial charge in [-0.3, -0.25) is 9.69 Å². The molecule has 3 rings (SSSR count). The van der Waals surface area contributed by atoms with Gasteiger partial charge in [0.05, 0.1) is 21.8 Å². The number of nitriles is 1. The molecule has 0 unspecified atom stereocenters. The summed E-state index contributed by atoms with van der Waals surface area (Å²) in [5, 5.41) is 9.74. The number of carbonyl (C=O) groups excluding carboxylic acids is 1. The Hall–Kier alpha value is -2.46.